The number of aromatic nitrogens is 1. The lowest BCUT2D eigenvalue weighted by molar-refractivity contribution is -0.139. The predicted octanol–water partition coefficient (Wildman–Crippen LogP) is 6.41. The molecule has 4 aromatic rings. The Morgan fingerprint density at radius 2 is 1.39 bits per heavy atom. The maximum atomic E-state index is 14.5. The van der Waals surface area contributed by atoms with Crippen molar-refractivity contribution in [2.45, 2.75) is 57.8 Å². The highest BCUT2D eigenvalue weighted by molar-refractivity contribution is 6.11. The Labute approximate surface area is 254 Å². The van der Waals surface area contributed by atoms with E-state index in [0.717, 1.165) is 5.06 Å². The van der Waals surface area contributed by atoms with Gasteiger partial charge >= 0.3 is 5.97 Å². The number of benzene rings is 3. The van der Waals surface area contributed by atoms with E-state index in [0.29, 0.717) is 33.6 Å². The molecule has 2 unspecified atom stereocenters. The van der Waals surface area contributed by atoms with Crippen LogP contribution in [0.15, 0.2) is 78.9 Å². The van der Waals surface area contributed by atoms with Gasteiger partial charge in [-0.3, -0.25) is 14.4 Å². The molecule has 4 rings (SSSR count). The SMILES string of the molecule is CON(C(=O)c1c(-c2ccc(F)cc2)c(-c2ccc(F)cc2)c(CCC(O)CC(O)CC(=O)O)n1C(C)C)c1ccccc1. The molecule has 3 N–H and O–H groups in total. The van der Waals surface area contributed by atoms with Crippen LogP contribution in [0.2, 0.25) is 0 Å². The van der Waals surface area contributed by atoms with Crippen molar-refractivity contribution in [1.29, 1.82) is 0 Å². The van der Waals surface area contributed by atoms with Crippen molar-refractivity contribution in [1.82, 2.24) is 4.57 Å². The van der Waals surface area contributed by atoms with Crippen molar-refractivity contribution in [3.05, 3.63) is 102 Å². The van der Waals surface area contributed by atoms with Crippen molar-refractivity contribution in [3.8, 4) is 22.3 Å². The molecule has 44 heavy (non-hydrogen) atoms. The van der Waals surface area contributed by atoms with E-state index in [1.807, 2.05) is 24.5 Å². The molecule has 3 aromatic carbocycles. The number of amides is 1. The smallest absolute Gasteiger partial charge is 0.305 e. The van der Waals surface area contributed by atoms with Gasteiger partial charge in [0.15, 0.2) is 0 Å². The molecule has 0 aliphatic rings. The molecule has 0 aliphatic heterocycles. The van der Waals surface area contributed by atoms with Crippen molar-refractivity contribution in [3.63, 3.8) is 0 Å². The van der Waals surface area contributed by atoms with E-state index in [1.54, 1.807) is 48.5 Å². The normalized spacial score (nSPS) is 12.7. The minimum Gasteiger partial charge on any atom is -0.481 e. The van der Waals surface area contributed by atoms with Crippen LogP contribution in [0.1, 0.15) is 55.3 Å². The van der Waals surface area contributed by atoms with Crippen molar-refractivity contribution < 1.29 is 38.5 Å². The first-order chi connectivity index (χ1) is 21.0. The third-order valence-electron chi connectivity index (χ3n) is 7.32. The summed E-state index contributed by atoms with van der Waals surface area (Å²) >= 11 is 0. The summed E-state index contributed by atoms with van der Waals surface area (Å²) in [4.78, 5) is 31.1. The molecule has 0 spiro atoms. The summed E-state index contributed by atoms with van der Waals surface area (Å²) in [6.07, 6.45) is -2.59. The first-order valence-electron chi connectivity index (χ1n) is 14.3. The number of aliphatic carboxylic acids is 1. The first-order valence-corrected chi connectivity index (χ1v) is 14.3. The van der Waals surface area contributed by atoms with Gasteiger partial charge in [0.05, 0.1) is 31.4 Å². The number of rotatable bonds is 13. The molecule has 8 nitrogen and oxygen atoms in total. The average molecular weight is 607 g/mol. The zero-order valence-electron chi connectivity index (χ0n) is 24.8. The largest absolute Gasteiger partial charge is 0.481 e. The van der Waals surface area contributed by atoms with Gasteiger partial charge in [-0.15, -0.1) is 0 Å². The summed E-state index contributed by atoms with van der Waals surface area (Å²) in [5.41, 5.74) is 3.57. The second-order valence-corrected chi connectivity index (χ2v) is 10.8. The highest BCUT2D eigenvalue weighted by Crippen LogP contribution is 2.43. The summed E-state index contributed by atoms with van der Waals surface area (Å²) in [5, 5.41) is 31.0. The monoisotopic (exact) mass is 606 g/mol. The predicted molar refractivity (Wildman–Crippen MR) is 163 cm³/mol. The van der Waals surface area contributed by atoms with Crippen molar-refractivity contribution >= 4 is 17.6 Å². The molecule has 0 bridgehead atoms. The summed E-state index contributed by atoms with van der Waals surface area (Å²) in [6, 6.07) is 20.1. The van der Waals surface area contributed by atoms with Gasteiger partial charge in [0.2, 0.25) is 0 Å². The fourth-order valence-corrected chi connectivity index (χ4v) is 5.47. The Morgan fingerprint density at radius 1 is 0.841 bits per heavy atom. The Morgan fingerprint density at radius 3 is 1.89 bits per heavy atom. The zero-order valence-corrected chi connectivity index (χ0v) is 24.8. The Bertz CT molecular complexity index is 1570. The molecule has 232 valence electrons. The van der Waals surface area contributed by atoms with Crippen LogP contribution in [0.4, 0.5) is 14.5 Å². The van der Waals surface area contributed by atoms with E-state index in [-0.39, 0.29) is 31.0 Å². The van der Waals surface area contributed by atoms with E-state index >= 15 is 0 Å². The lowest BCUT2D eigenvalue weighted by Gasteiger charge is -2.24. The van der Waals surface area contributed by atoms with Crippen molar-refractivity contribution in [2.75, 3.05) is 12.2 Å². The number of carboxylic acid groups (broad SMARTS) is 1. The fraction of sp³-hybridized carbons (Fsp3) is 0.294. The van der Waals surface area contributed by atoms with Gasteiger partial charge in [-0.2, -0.15) is 5.06 Å². The van der Waals surface area contributed by atoms with Crippen LogP contribution < -0.4 is 5.06 Å². The number of aliphatic hydroxyl groups excluding tert-OH is 2. The number of hydrogen-bond donors (Lipinski definition) is 3. The minimum absolute atomic E-state index is 0.130. The second-order valence-electron chi connectivity index (χ2n) is 10.8. The highest BCUT2D eigenvalue weighted by Gasteiger charge is 2.33. The van der Waals surface area contributed by atoms with E-state index in [2.05, 4.69) is 0 Å². The van der Waals surface area contributed by atoms with Crippen molar-refractivity contribution in [2.24, 2.45) is 0 Å². The summed E-state index contributed by atoms with van der Waals surface area (Å²) < 4.78 is 30.0. The summed E-state index contributed by atoms with van der Waals surface area (Å²) in [6.45, 7) is 3.80. The molecule has 1 heterocycles. The highest BCUT2D eigenvalue weighted by atomic mass is 19.1. The Balaban J connectivity index is 1.97. The van der Waals surface area contributed by atoms with Crippen LogP contribution in [-0.2, 0) is 16.1 Å². The molecule has 0 saturated heterocycles. The molecule has 0 radical (unpaired) electrons. The van der Waals surface area contributed by atoms with E-state index in [4.69, 9.17) is 9.94 Å². The second kappa shape index (κ2) is 14.4. The number of carbonyl (C=O) groups is 2. The van der Waals surface area contributed by atoms with Crippen LogP contribution in [0, 0.1) is 11.6 Å². The van der Waals surface area contributed by atoms with Gasteiger partial charge in [-0.05, 0) is 80.6 Å². The number of hydrogen-bond acceptors (Lipinski definition) is 5. The number of aliphatic hydroxyl groups is 2. The number of carboxylic acids is 1. The molecule has 0 aliphatic carbocycles. The number of halogens is 2. The van der Waals surface area contributed by atoms with E-state index < -0.39 is 42.1 Å². The third kappa shape index (κ3) is 7.39. The Kier molecular flexibility index (Phi) is 10.6. The first kappa shape index (κ1) is 32.5. The number of hydroxylamine groups is 1. The molecule has 0 saturated carbocycles. The quantitative estimate of drug-likeness (QED) is 0.152. The van der Waals surface area contributed by atoms with E-state index in [1.165, 1.54) is 31.4 Å². The topological polar surface area (TPSA) is 112 Å². The van der Waals surface area contributed by atoms with Crippen LogP contribution in [0.5, 0.6) is 0 Å². The minimum atomic E-state index is -1.23. The zero-order chi connectivity index (χ0) is 32.0. The molecular weight excluding hydrogens is 570 g/mol. The lowest BCUT2D eigenvalue weighted by Crippen LogP contribution is -2.32. The Hall–Kier alpha value is -4.38. The molecule has 1 aromatic heterocycles. The van der Waals surface area contributed by atoms with Crippen LogP contribution >= 0.6 is 0 Å². The lowest BCUT2D eigenvalue weighted by atomic mass is 9.92. The standard InChI is InChI=1S/C34H36F2N2O6/c1-21(2)37-29(18-17-27(39)19-28(40)20-30(41)42)31(22-9-13-24(35)14-10-22)32(23-11-15-25(36)16-12-23)33(37)34(43)38(44-3)26-7-5-4-6-8-26/h4-16,21,27-28,39-40H,17-20H2,1-3H3,(H,41,42). The maximum absolute atomic E-state index is 14.5. The molecular formula is C34H36F2N2O6. The number of carbonyl (C=O) groups excluding carboxylic acids is 1. The summed E-state index contributed by atoms with van der Waals surface area (Å²) in [7, 11) is 1.38. The van der Waals surface area contributed by atoms with Gasteiger partial charge in [-0.1, -0.05) is 42.5 Å². The van der Waals surface area contributed by atoms with Crippen LogP contribution in [0.3, 0.4) is 0 Å². The fourth-order valence-electron chi connectivity index (χ4n) is 5.47. The molecule has 2 atom stereocenters. The average Bonchev–Trinajstić information content (AvgIpc) is 3.32. The van der Waals surface area contributed by atoms with Gasteiger partial charge in [0, 0.05) is 22.9 Å². The maximum Gasteiger partial charge on any atom is 0.305 e. The van der Waals surface area contributed by atoms with Crippen LogP contribution in [-0.4, -0.2) is 51.1 Å². The number of anilines is 1. The van der Waals surface area contributed by atoms with Crippen LogP contribution in [0.25, 0.3) is 22.3 Å². The number of para-hydroxylation sites is 1. The molecule has 10 heteroatoms. The van der Waals surface area contributed by atoms with E-state index in [9.17, 15) is 28.6 Å². The van der Waals surface area contributed by atoms with Gasteiger partial charge in [-0.25, -0.2) is 8.78 Å². The number of nitrogens with zero attached hydrogens (tertiary/aromatic N) is 2. The van der Waals surface area contributed by atoms with Gasteiger partial charge in [0.25, 0.3) is 5.91 Å². The molecule has 0 fully saturated rings. The summed E-state index contributed by atoms with van der Waals surface area (Å²) in [5.74, 6) is -2.58. The van der Waals surface area contributed by atoms with Gasteiger partial charge < -0.3 is 19.9 Å². The third-order valence-corrected chi connectivity index (χ3v) is 7.32. The van der Waals surface area contributed by atoms with Gasteiger partial charge in [0.1, 0.15) is 17.3 Å². The molecule has 1 amide bonds.